The molecule has 1 heterocycles. The van der Waals surface area contributed by atoms with Gasteiger partial charge in [0.2, 0.25) is 0 Å². The summed E-state index contributed by atoms with van der Waals surface area (Å²) in [6.45, 7) is 8.11. The normalized spacial score (nSPS) is 16.7. The smallest absolute Gasteiger partial charge is 0.0410 e. The second-order valence-corrected chi connectivity index (χ2v) is 5.78. The van der Waals surface area contributed by atoms with Gasteiger partial charge < -0.3 is 5.32 Å². The Labute approximate surface area is 146 Å². The number of halogens is 4. The highest BCUT2D eigenvalue weighted by atomic mass is 79.9. The molecule has 1 atom stereocenters. The molecule has 0 spiro atoms. The Bertz CT molecular complexity index is 423. The minimum atomic E-state index is 0. The first-order valence-corrected chi connectivity index (χ1v) is 7.40. The van der Waals surface area contributed by atoms with E-state index in [1.54, 1.807) is 0 Å². The van der Waals surface area contributed by atoms with Crippen molar-refractivity contribution in [3.05, 3.63) is 45.9 Å². The topological polar surface area (TPSA) is 15.3 Å². The van der Waals surface area contributed by atoms with Gasteiger partial charge >= 0.3 is 0 Å². The van der Waals surface area contributed by atoms with E-state index in [1.165, 1.54) is 5.56 Å². The average molecular weight is 403 g/mol. The molecule has 0 bridgehead atoms. The summed E-state index contributed by atoms with van der Waals surface area (Å²) in [5.74, 6) is 0. The molecule has 1 N–H and O–H groups in total. The van der Waals surface area contributed by atoms with Gasteiger partial charge in [-0.15, -0.1) is 31.4 Å². The van der Waals surface area contributed by atoms with Crippen LogP contribution in [0.15, 0.2) is 35.3 Å². The Morgan fingerprint density at radius 1 is 1.35 bits per heavy atom. The molecule has 1 aromatic carbocycles. The lowest BCUT2D eigenvalue weighted by Crippen LogP contribution is -2.45. The third-order valence-corrected chi connectivity index (χ3v) is 4.26. The molecule has 1 aromatic rings. The minimum absolute atomic E-state index is 0. The number of nitrogens with zero attached hydrogens (tertiary/aromatic N) is 1. The van der Waals surface area contributed by atoms with Crippen LogP contribution < -0.4 is 5.32 Å². The minimum Gasteiger partial charge on any atom is -0.314 e. The number of hydrogen-bond acceptors (Lipinski definition) is 2. The summed E-state index contributed by atoms with van der Waals surface area (Å²) >= 11 is 9.75. The highest BCUT2D eigenvalue weighted by Crippen LogP contribution is 2.32. The van der Waals surface area contributed by atoms with Gasteiger partial charge in [0.05, 0.1) is 0 Å². The van der Waals surface area contributed by atoms with Crippen molar-refractivity contribution in [2.24, 2.45) is 0 Å². The fraction of sp³-hybridized carbons (Fsp3) is 0.429. The van der Waals surface area contributed by atoms with Crippen LogP contribution >= 0.6 is 52.3 Å². The SMILES string of the molecule is C=CC[C@@H](c1cc(Cl)ccc1Br)N1CCNCC1.Cl.Cl. The Kier molecular flexibility index (Phi) is 10.2. The maximum atomic E-state index is 6.12. The van der Waals surface area contributed by atoms with Gasteiger partial charge in [0.25, 0.3) is 0 Å². The van der Waals surface area contributed by atoms with E-state index in [9.17, 15) is 0 Å². The Morgan fingerprint density at radius 2 is 2.00 bits per heavy atom. The van der Waals surface area contributed by atoms with Crippen molar-refractivity contribution in [1.29, 1.82) is 0 Å². The molecule has 0 unspecified atom stereocenters. The van der Waals surface area contributed by atoms with Crippen LogP contribution in [0.2, 0.25) is 5.02 Å². The van der Waals surface area contributed by atoms with E-state index in [4.69, 9.17) is 11.6 Å². The molecule has 0 radical (unpaired) electrons. The van der Waals surface area contributed by atoms with Gasteiger partial charge in [0, 0.05) is 41.7 Å². The number of rotatable bonds is 4. The predicted octanol–water partition coefficient (Wildman–Crippen LogP) is 4.47. The standard InChI is InChI=1S/C14H18BrClN2.2ClH/c1-2-3-14(18-8-6-17-7-9-18)12-10-11(16)4-5-13(12)15;;/h2,4-5,10,14,17H,1,3,6-9H2;2*1H/t14-;;/m0../s1. The summed E-state index contributed by atoms with van der Waals surface area (Å²) in [5.41, 5.74) is 1.25. The van der Waals surface area contributed by atoms with Gasteiger partial charge in [-0.1, -0.05) is 33.6 Å². The van der Waals surface area contributed by atoms with Crippen molar-refractivity contribution in [3.8, 4) is 0 Å². The van der Waals surface area contributed by atoms with Gasteiger partial charge in [0.1, 0.15) is 0 Å². The average Bonchev–Trinajstić information content (AvgIpc) is 2.40. The first-order chi connectivity index (χ1) is 8.72. The fourth-order valence-electron chi connectivity index (χ4n) is 2.39. The molecule has 1 fully saturated rings. The third-order valence-electron chi connectivity index (χ3n) is 3.30. The van der Waals surface area contributed by atoms with Gasteiger partial charge in [-0.05, 0) is 30.2 Å². The van der Waals surface area contributed by atoms with E-state index in [0.29, 0.717) is 6.04 Å². The first-order valence-electron chi connectivity index (χ1n) is 6.23. The fourth-order valence-corrected chi connectivity index (χ4v) is 3.09. The predicted molar refractivity (Wildman–Crippen MR) is 95.6 cm³/mol. The van der Waals surface area contributed by atoms with E-state index in [-0.39, 0.29) is 24.8 Å². The molecule has 1 saturated heterocycles. The Morgan fingerprint density at radius 3 is 2.60 bits per heavy atom. The molecule has 6 heteroatoms. The lowest BCUT2D eigenvalue weighted by molar-refractivity contribution is 0.174. The van der Waals surface area contributed by atoms with E-state index in [0.717, 1.165) is 42.1 Å². The van der Waals surface area contributed by atoms with Crippen LogP contribution in [0.1, 0.15) is 18.0 Å². The van der Waals surface area contributed by atoms with E-state index in [1.807, 2.05) is 18.2 Å². The molecule has 0 aromatic heterocycles. The molecule has 2 nitrogen and oxygen atoms in total. The molecule has 1 aliphatic rings. The third kappa shape index (κ3) is 5.21. The number of nitrogens with one attached hydrogen (secondary N) is 1. The van der Waals surface area contributed by atoms with Crippen LogP contribution in [0, 0.1) is 0 Å². The van der Waals surface area contributed by atoms with Gasteiger partial charge in [0.15, 0.2) is 0 Å². The molecular formula is C14H20BrCl3N2. The molecule has 0 aliphatic carbocycles. The summed E-state index contributed by atoms with van der Waals surface area (Å²) in [4.78, 5) is 2.49. The second-order valence-electron chi connectivity index (χ2n) is 4.49. The molecule has 0 saturated carbocycles. The number of piperazine rings is 1. The van der Waals surface area contributed by atoms with E-state index < -0.39 is 0 Å². The Balaban J connectivity index is 0.00000180. The lowest BCUT2D eigenvalue weighted by Gasteiger charge is -2.35. The molecule has 1 aliphatic heterocycles. The van der Waals surface area contributed by atoms with Crippen molar-refractivity contribution in [3.63, 3.8) is 0 Å². The zero-order valence-corrected chi connectivity index (χ0v) is 15.1. The van der Waals surface area contributed by atoms with Gasteiger partial charge in [-0.3, -0.25) is 4.90 Å². The van der Waals surface area contributed by atoms with Crippen LogP contribution in [0.5, 0.6) is 0 Å². The maximum Gasteiger partial charge on any atom is 0.0410 e. The summed E-state index contributed by atoms with van der Waals surface area (Å²) in [5, 5.41) is 4.17. The highest BCUT2D eigenvalue weighted by Gasteiger charge is 2.22. The molecule has 114 valence electrons. The van der Waals surface area contributed by atoms with Crippen molar-refractivity contribution in [2.45, 2.75) is 12.5 Å². The van der Waals surface area contributed by atoms with Crippen molar-refractivity contribution in [2.75, 3.05) is 26.2 Å². The van der Waals surface area contributed by atoms with Gasteiger partial charge in [-0.25, -0.2) is 0 Å². The Hall–Kier alpha value is 0.230. The van der Waals surface area contributed by atoms with Crippen LogP contribution in [-0.2, 0) is 0 Å². The first kappa shape index (κ1) is 20.2. The van der Waals surface area contributed by atoms with E-state index >= 15 is 0 Å². The summed E-state index contributed by atoms with van der Waals surface area (Å²) in [6.07, 6.45) is 2.93. The molecular weight excluding hydrogens is 382 g/mol. The number of hydrogen-bond donors (Lipinski definition) is 1. The van der Waals surface area contributed by atoms with Crippen LogP contribution in [-0.4, -0.2) is 31.1 Å². The van der Waals surface area contributed by atoms with Crippen molar-refractivity contribution >= 4 is 52.3 Å². The van der Waals surface area contributed by atoms with Gasteiger partial charge in [-0.2, -0.15) is 0 Å². The quantitative estimate of drug-likeness (QED) is 0.748. The van der Waals surface area contributed by atoms with Crippen LogP contribution in [0.4, 0.5) is 0 Å². The summed E-state index contributed by atoms with van der Waals surface area (Å²) in [6, 6.07) is 6.35. The molecule has 2 rings (SSSR count). The molecule has 20 heavy (non-hydrogen) atoms. The second kappa shape index (κ2) is 10.0. The van der Waals surface area contributed by atoms with Crippen LogP contribution in [0.3, 0.4) is 0 Å². The largest absolute Gasteiger partial charge is 0.314 e. The summed E-state index contributed by atoms with van der Waals surface area (Å²) < 4.78 is 1.12. The van der Waals surface area contributed by atoms with Crippen molar-refractivity contribution < 1.29 is 0 Å². The summed E-state index contributed by atoms with van der Waals surface area (Å²) in [7, 11) is 0. The van der Waals surface area contributed by atoms with Crippen molar-refractivity contribution in [1.82, 2.24) is 10.2 Å². The maximum absolute atomic E-state index is 6.12. The zero-order valence-electron chi connectivity index (χ0n) is 11.1. The lowest BCUT2D eigenvalue weighted by atomic mass is 10.0. The monoisotopic (exact) mass is 400 g/mol. The van der Waals surface area contributed by atoms with E-state index in [2.05, 4.69) is 38.8 Å². The zero-order chi connectivity index (χ0) is 13.0. The highest BCUT2D eigenvalue weighted by molar-refractivity contribution is 9.10. The number of benzene rings is 1. The molecule has 0 amide bonds. The van der Waals surface area contributed by atoms with Crippen LogP contribution in [0.25, 0.3) is 0 Å².